The Balaban J connectivity index is 2.00. The molecule has 0 fully saturated rings. The van der Waals surface area contributed by atoms with Crippen molar-refractivity contribution in [2.45, 2.75) is 26.9 Å². The first-order chi connectivity index (χ1) is 10.5. The molecule has 2 heterocycles. The molecule has 0 bridgehead atoms. The molecule has 7 nitrogen and oxygen atoms in total. The Labute approximate surface area is 138 Å². The van der Waals surface area contributed by atoms with Gasteiger partial charge in [0.2, 0.25) is 5.89 Å². The highest BCUT2D eigenvalue weighted by Crippen LogP contribution is 2.24. The molecule has 9 heteroatoms. The van der Waals surface area contributed by atoms with Gasteiger partial charge in [0, 0.05) is 26.2 Å². The number of aryl methyl sites for hydroxylation is 1. The molecule has 2 aromatic heterocycles. The topological polar surface area (TPSA) is 80.3 Å². The first-order valence-corrected chi connectivity index (χ1v) is 7.57. The average molecular weight is 345 g/mol. The second-order valence-corrected chi connectivity index (χ2v) is 5.38. The summed E-state index contributed by atoms with van der Waals surface area (Å²) in [6.07, 6.45) is 0. The van der Waals surface area contributed by atoms with Crippen molar-refractivity contribution in [1.29, 1.82) is 0 Å². The van der Waals surface area contributed by atoms with Crippen LogP contribution in [0.25, 0.3) is 0 Å². The third kappa shape index (κ3) is 4.14. The second kappa shape index (κ2) is 7.51. The summed E-state index contributed by atoms with van der Waals surface area (Å²) in [4.78, 5) is 8.52. The predicted molar refractivity (Wildman–Crippen MR) is 86.1 cm³/mol. The van der Waals surface area contributed by atoms with Crippen LogP contribution in [0.2, 0.25) is 10.2 Å². The molecular formula is C13H18Cl2N6O. The highest BCUT2D eigenvalue weighted by Gasteiger charge is 2.09. The summed E-state index contributed by atoms with van der Waals surface area (Å²) in [6.45, 7) is 5.35. The van der Waals surface area contributed by atoms with Crippen molar-refractivity contribution in [1.82, 2.24) is 25.3 Å². The van der Waals surface area contributed by atoms with Gasteiger partial charge in [-0.3, -0.25) is 0 Å². The van der Waals surface area contributed by atoms with Crippen molar-refractivity contribution >= 4 is 29.2 Å². The quantitative estimate of drug-likeness (QED) is 0.642. The maximum atomic E-state index is 6.05. The highest BCUT2D eigenvalue weighted by molar-refractivity contribution is 6.41. The lowest BCUT2D eigenvalue weighted by molar-refractivity contribution is 0.387. The van der Waals surface area contributed by atoms with E-state index in [4.69, 9.17) is 27.7 Å². The molecule has 22 heavy (non-hydrogen) atoms. The molecule has 0 aromatic carbocycles. The minimum Gasteiger partial charge on any atom is -0.357 e. The van der Waals surface area contributed by atoms with Crippen LogP contribution >= 0.6 is 23.2 Å². The molecule has 0 aliphatic carbocycles. The van der Waals surface area contributed by atoms with Gasteiger partial charge in [-0.1, -0.05) is 28.4 Å². The van der Waals surface area contributed by atoms with E-state index in [0.717, 1.165) is 12.2 Å². The second-order valence-electron chi connectivity index (χ2n) is 4.61. The number of nitrogens with one attached hydrogen (secondary N) is 2. The highest BCUT2D eigenvalue weighted by atomic mass is 35.5. The Kier molecular flexibility index (Phi) is 5.68. The number of nitrogens with zero attached hydrogens (tertiary/aromatic N) is 4. The Morgan fingerprint density at radius 2 is 2.18 bits per heavy atom. The summed E-state index contributed by atoms with van der Waals surface area (Å²) in [5.41, 5.74) is 0.955. The molecule has 0 saturated carbocycles. The van der Waals surface area contributed by atoms with Crippen LogP contribution in [0.5, 0.6) is 0 Å². The maximum Gasteiger partial charge on any atom is 0.223 e. The van der Waals surface area contributed by atoms with Crippen molar-refractivity contribution in [2.24, 2.45) is 12.0 Å². The fraction of sp³-hybridized carbons (Fsp3) is 0.462. The SMILES string of the molecule is CCNC(=NCc1noc(C)n1)NCc1cc(Cl)c(Cl)n1C. The van der Waals surface area contributed by atoms with E-state index in [1.807, 2.05) is 24.6 Å². The third-order valence-corrected chi connectivity index (χ3v) is 3.79. The molecular weight excluding hydrogens is 327 g/mol. The number of halogens is 2. The molecule has 0 aliphatic rings. The molecule has 0 radical (unpaired) electrons. The van der Waals surface area contributed by atoms with E-state index in [1.165, 1.54) is 0 Å². The van der Waals surface area contributed by atoms with Crippen LogP contribution < -0.4 is 10.6 Å². The number of aliphatic imine (C=N–C) groups is 1. The van der Waals surface area contributed by atoms with Gasteiger partial charge in [0.05, 0.1) is 11.6 Å². The van der Waals surface area contributed by atoms with E-state index in [0.29, 0.717) is 40.9 Å². The van der Waals surface area contributed by atoms with Crippen LogP contribution in [0, 0.1) is 6.92 Å². The Morgan fingerprint density at radius 3 is 2.73 bits per heavy atom. The van der Waals surface area contributed by atoms with Gasteiger partial charge in [-0.15, -0.1) is 0 Å². The van der Waals surface area contributed by atoms with Gasteiger partial charge in [-0.25, -0.2) is 4.99 Å². The van der Waals surface area contributed by atoms with Crippen molar-refractivity contribution < 1.29 is 4.52 Å². The third-order valence-electron chi connectivity index (χ3n) is 2.95. The number of hydrogen-bond acceptors (Lipinski definition) is 4. The van der Waals surface area contributed by atoms with Crippen LogP contribution in [0.1, 0.15) is 24.3 Å². The largest absolute Gasteiger partial charge is 0.357 e. The molecule has 0 saturated heterocycles. The zero-order valence-corrected chi connectivity index (χ0v) is 14.2. The average Bonchev–Trinajstić information content (AvgIpc) is 3.01. The van der Waals surface area contributed by atoms with Crippen molar-refractivity contribution in [2.75, 3.05) is 6.54 Å². The summed E-state index contributed by atoms with van der Waals surface area (Å²) in [5.74, 6) is 1.72. The lowest BCUT2D eigenvalue weighted by Crippen LogP contribution is -2.37. The Bertz CT molecular complexity index is 664. The van der Waals surface area contributed by atoms with Crippen molar-refractivity contribution in [3.05, 3.63) is 33.7 Å². The summed E-state index contributed by atoms with van der Waals surface area (Å²) in [6, 6.07) is 1.82. The predicted octanol–water partition coefficient (Wildman–Crippen LogP) is 2.28. The Hall–Kier alpha value is -1.73. The van der Waals surface area contributed by atoms with E-state index >= 15 is 0 Å². The van der Waals surface area contributed by atoms with Gasteiger partial charge in [0.15, 0.2) is 11.8 Å². The summed E-state index contributed by atoms with van der Waals surface area (Å²) < 4.78 is 6.74. The first-order valence-electron chi connectivity index (χ1n) is 6.82. The van der Waals surface area contributed by atoms with Gasteiger partial charge in [0.25, 0.3) is 0 Å². The molecule has 0 spiro atoms. The lowest BCUT2D eigenvalue weighted by atomic mass is 10.4. The fourth-order valence-electron chi connectivity index (χ4n) is 1.83. The Morgan fingerprint density at radius 1 is 1.41 bits per heavy atom. The fourth-order valence-corrected chi connectivity index (χ4v) is 2.25. The molecule has 0 atom stereocenters. The van der Waals surface area contributed by atoms with Crippen LogP contribution in [0.4, 0.5) is 0 Å². The van der Waals surface area contributed by atoms with Crippen LogP contribution in [-0.2, 0) is 20.1 Å². The molecule has 2 rings (SSSR count). The minimum atomic E-state index is 0.335. The summed E-state index contributed by atoms with van der Waals surface area (Å²) in [7, 11) is 1.86. The zero-order valence-electron chi connectivity index (χ0n) is 12.7. The van der Waals surface area contributed by atoms with Gasteiger partial charge in [-0.05, 0) is 13.0 Å². The summed E-state index contributed by atoms with van der Waals surface area (Å²) in [5, 5.41) is 11.2. The molecule has 2 N–H and O–H groups in total. The van der Waals surface area contributed by atoms with Crippen molar-refractivity contribution in [3.8, 4) is 0 Å². The van der Waals surface area contributed by atoms with E-state index in [-0.39, 0.29) is 0 Å². The van der Waals surface area contributed by atoms with Gasteiger partial charge in [0.1, 0.15) is 11.7 Å². The smallest absolute Gasteiger partial charge is 0.223 e. The lowest BCUT2D eigenvalue weighted by Gasteiger charge is -2.11. The van der Waals surface area contributed by atoms with Crippen LogP contribution in [0.15, 0.2) is 15.6 Å². The minimum absolute atomic E-state index is 0.335. The normalized spacial score (nSPS) is 11.8. The van der Waals surface area contributed by atoms with E-state index in [9.17, 15) is 0 Å². The molecule has 120 valence electrons. The molecule has 0 aliphatic heterocycles. The standard InChI is InChI=1S/C13H18Cl2N6O/c1-4-16-13(18-7-11-19-8(2)22-20-11)17-6-9-5-10(14)12(15)21(9)3/h5H,4,6-7H2,1-3H3,(H2,16,17,18). The number of guanidine groups is 1. The number of rotatable bonds is 5. The van der Waals surface area contributed by atoms with Crippen LogP contribution in [-0.4, -0.2) is 27.2 Å². The zero-order chi connectivity index (χ0) is 16.1. The van der Waals surface area contributed by atoms with Gasteiger partial charge in [-0.2, -0.15) is 4.98 Å². The maximum absolute atomic E-state index is 6.05. The molecule has 2 aromatic rings. The monoisotopic (exact) mass is 344 g/mol. The van der Waals surface area contributed by atoms with Crippen molar-refractivity contribution in [3.63, 3.8) is 0 Å². The molecule has 0 unspecified atom stereocenters. The number of aromatic nitrogens is 3. The van der Waals surface area contributed by atoms with Gasteiger partial charge >= 0.3 is 0 Å². The first kappa shape index (κ1) is 16.6. The molecule has 0 amide bonds. The summed E-state index contributed by atoms with van der Waals surface area (Å²) >= 11 is 12.1. The van der Waals surface area contributed by atoms with E-state index < -0.39 is 0 Å². The van der Waals surface area contributed by atoms with E-state index in [1.54, 1.807) is 6.92 Å². The number of hydrogen-bond donors (Lipinski definition) is 2. The van der Waals surface area contributed by atoms with E-state index in [2.05, 4.69) is 25.8 Å². The van der Waals surface area contributed by atoms with Crippen LogP contribution in [0.3, 0.4) is 0 Å². The van der Waals surface area contributed by atoms with Gasteiger partial charge < -0.3 is 19.7 Å².